The largest absolute Gasteiger partial charge is 0.370 e. The summed E-state index contributed by atoms with van der Waals surface area (Å²) in [5.41, 5.74) is 0.668. The van der Waals surface area contributed by atoms with Crippen molar-refractivity contribution in [2.75, 3.05) is 6.61 Å². The van der Waals surface area contributed by atoms with E-state index in [4.69, 9.17) is 4.74 Å². The topological polar surface area (TPSA) is 26.3 Å². The van der Waals surface area contributed by atoms with Crippen LogP contribution in [0, 0.1) is 16.7 Å². The molecule has 2 rings (SSSR count). The number of Topliss-reactive ketones (excluding diaryl/α,β-unsaturated/α-hetero) is 1. The first-order valence-corrected chi connectivity index (χ1v) is 5.99. The molecule has 2 aliphatic carbocycles. The third-order valence-corrected chi connectivity index (χ3v) is 5.20. The van der Waals surface area contributed by atoms with E-state index in [9.17, 15) is 4.79 Å². The van der Waals surface area contributed by atoms with Gasteiger partial charge in [0.2, 0.25) is 0 Å². The lowest BCUT2D eigenvalue weighted by molar-refractivity contribution is -0.127. The van der Waals surface area contributed by atoms with E-state index in [0.29, 0.717) is 18.1 Å². The fourth-order valence-electron chi connectivity index (χ4n) is 3.60. The van der Waals surface area contributed by atoms with Crippen LogP contribution in [0.2, 0.25) is 0 Å². The number of ketones is 1. The molecule has 86 valence electrons. The quantitative estimate of drug-likeness (QED) is 0.716. The molecule has 0 radical (unpaired) electrons. The van der Waals surface area contributed by atoms with E-state index in [2.05, 4.69) is 20.8 Å². The fourth-order valence-corrected chi connectivity index (χ4v) is 3.60. The van der Waals surface area contributed by atoms with Gasteiger partial charge in [0.1, 0.15) is 6.61 Å². The molecule has 2 heteroatoms. The van der Waals surface area contributed by atoms with E-state index in [0.717, 1.165) is 12.3 Å². The second-order valence-electron chi connectivity index (χ2n) is 6.11. The normalized spacial score (nSPS) is 42.1. The first kappa shape index (κ1) is 11.1. The van der Waals surface area contributed by atoms with Gasteiger partial charge >= 0.3 is 0 Å². The maximum Gasteiger partial charge on any atom is 0.155 e. The van der Waals surface area contributed by atoms with Crippen LogP contribution in [0.1, 0.15) is 47.0 Å². The first-order chi connectivity index (χ1) is 6.88. The summed E-state index contributed by atoms with van der Waals surface area (Å²) in [5.74, 6) is 0.929. The lowest BCUT2D eigenvalue weighted by Crippen LogP contribution is -2.37. The zero-order valence-corrected chi connectivity index (χ0v) is 10.3. The van der Waals surface area contributed by atoms with Gasteiger partial charge in [0.25, 0.3) is 0 Å². The Bertz CT molecular complexity index is 282. The minimum Gasteiger partial charge on any atom is -0.370 e. The van der Waals surface area contributed by atoms with E-state index in [1.807, 2.05) is 0 Å². The molecule has 0 spiro atoms. The highest BCUT2D eigenvalue weighted by Gasteiger charge is 2.61. The maximum atomic E-state index is 10.9. The Morgan fingerprint density at radius 2 is 2.07 bits per heavy atom. The number of hydrogen-bond donors (Lipinski definition) is 0. The van der Waals surface area contributed by atoms with Crippen molar-refractivity contribution < 1.29 is 9.53 Å². The van der Waals surface area contributed by atoms with E-state index < -0.39 is 0 Å². The molecular weight excluding hydrogens is 188 g/mol. The molecule has 0 heterocycles. The molecule has 15 heavy (non-hydrogen) atoms. The molecule has 0 amide bonds. The van der Waals surface area contributed by atoms with Gasteiger partial charge in [-0.2, -0.15) is 0 Å². The van der Waals surface area contributed by atoms with Crippen LogP contribution in [0.15, 0.2) is 0 Å². The number of carbonyl (C=O) groups is 1. The molecule has 2 nitrogen and oxygen atoms in total. The molecule has 2 saturated carbocycles. The van der Waals surface area contributed by atoms with Crippen LogP contribution in [-0.4, -0.2) is 18.5 Å². The van der Waals surface area contributed by atoms with Crippen LogP contribution in [0.25, 0.3) is 0 Å². The lowest BCUT2D eigenvalue weighted by atomic mass is 9.70. The van der Waals surface area contributed by atoms with Crippen molar-refractivity contribution in [2.45, 2.75) is 53.1 Å². The summed E-state index contributed by atoms with van der Waals surface area (Å²) >= 11 is 0. The number of rotatable bonds is 3. The molecule has 2 fully saturated rings. The highest BCUT2D eigenvalue weighted by Crippen LogP contribution is 2.66. The van der Waals surface area contributed by atoms with Crippen molar-refractivity contribution in [1.82, 2.24) is 0 Å². The van der Waals surface area contributed by atoms with Crippen molar-refractivity contribution in [3.05, 3.63) is 0 Å². The first-order valence-electron chi connectivity index (χ1n) is 5.99. The van der Waals surface area contributed by atoms with Gasteiger partial charge in [-0.15, -0.1) is 0 Å². The van der Waals surface area contributed by atoms with E-state index in [1.165, 1.54) is 12.8 Å². The Hall–Kier alpha value is -0.370. The second-order valence-corrected chi connectivity index (χ2v) is 6.11. The van der Waals surface area contributed by atoms with Gasteiger partial charge in [-0.1, -0.05) is 20.8 Å². The van der Waals surface area contributed by atoms with E-state index in [1.54, 1.807) is 6.92 Å². The summed E-state index contributed by atoms with van der Waals surface area (Å²) < 4.78 is 5.79. The fraction of sp³-hybridized carbons (Fsp3) is 0.923. The highest BCUT2D eigenvalue weighted by atomic mass is 16.5. The molecule has 3 atom stereocenters. The predicted molar refractivity (Wildman–Crippen MR) is 59.7 cm³/mol. The van der Waals surface area contributed by atoms with Crippen LogP contribution in [0.4, 0.5) is 0 Å². The predicted octanol–water partition coefficient (Wildman–Crippen LogP) is 2.81. The molecule has 0 aromatic rings. The summed E-state index contributed by atoms with van der Waals surface area (Å²) in [6.07, 6.45) is 4.04. The third kappa shape index (κ3) is 1.45. The van der Waals surface area contributed by atoms with E-state index >= 15 is 0 Å². The standard InChI is InChI=1S/C13H22O2/c1-9(14)8-15-11-7-10-5-6-13(11,4)12(10,2)3/h10-11H,5-8H2,1-4H3. The number of carbonyl (C=O) groups excluding carboxylic acids is 1. The van der Waals surface area contributed by atoms with Gasteiger partial charge in [-0.25, -0.2) is 0 Å². The maximum absolute atomic E-state index is 10.9. The Balaban J connectivity index is 2.09. The Kier molecular flexibility index (Phi) is 2.45. The summed E-state index contributed by atoms with van der Waals surface area (Å²) in [6, 6.07) is 0. The van der Waals surface area contributed by atoms with Crippen molar-refractivity contribution >= 4 is 5.78 Å². The van der Waals surface area contributed by atoms with Crippen LogP contribution in [0.3, 0.4) is 0 Å². The third-order valence-electron chi connectivity index (χ3n) is 5.20. The van der Waals surface area contributed by atoms with Gasteiger partial charge in [0, 0.05) is 0 Å². The van der Waals surface area contributed by atoms with Crippen LogP contribution < -0.4 is 0 Å². The Labute approximate surface area is 92.4 Å². The smallest absolute Gasteiger partial charge is 0.155 e. The number of fused-ring (bicyclic) bond motifs is 2. The number of hydrogen-bond acceptors (Lipinski definition) is 2. The Morgan fingerprint density at radius 3 is 2.47 bits per heavy atom. The Morgan fingerprint density at radius 1 is 1.40 bits per heavy atom. The molecule has 3 unspecified atom stereocenters. The second kappa shape index (κ2) is 3.31. The molecule has 0 aromatic carbocycles. The molecule has 2 bridgehead atoms. The van der Waals surface area contributed by atoms with Gasteiger partial charge in [0.15, 0.2) is 5.78 Å². The number of ether oxygens (including phenoxy) is 1. The highest BCUT2D eigenvalue weighted by molar-refractivity contribution is 5.76. The van der Waals surface area contributed by atoms with Crippen molar-refractivity contribution in [3.8, 4) is 0 Å². The van der Waals surface area contributed by atoms with Crippen LogP contribution in [0.5, 0.6) is 0 Å². The molecular formula is C13H22O2. The van der Waals surface area contributed by atoms with Crippen LogP contribution in [-0.2, 0) is 9.53 Å². The van der Waals surface area contributed by atoms with Gasteiger partial charge < -0.3 is 4.74 Å². The minimum absolute atomic E-state index is 0.138. The van der Waals surface area contributed by atoms with Crippen molar-refractivity contribution in [1.29, 1.82) is 0 Å². The SMILES string of the molecule is CC(=O)COC1CC2CCC1(C)C2(C)C. The summed E-state index contributed by atoms with van der Waals surface area (Å²) in [4.78, 5) is 10.9. The molecule has 0 aliphatic heterocycles. The van der Waals surface area contributed by atoms with Crippen molar-refractivity contribution in [2.24, 2.45) is 16.7 Å². The van der Waals surface area contributed by atoms with Gasteiger partial charge in [0.05, 0.1) is 6.10 Å². The minimum atomic E-state index is 0.138. The van der Waals surface area contributed by atoms with Crippen LogP contribution >= 0.6 is 0 Å². The van der Waals surface area contributed by atoms with E-state index in [-0.39, 0.29) is 11.2 Å². The summed E-state index contributed by atoms with van der Waals surface area (Å²) in [6.45, 7) is 8.96. The average Bonchev–Trinajstić information content (AvgIpc) is 2.46. The molecule has 0 saturated heterocycles. The van der Waals surface area contributed by atoms with Gasteiger partial charge in [-0.3, -0.25) is 4.79 Å². The zero-order chi connectivity index (χ0) is 11.3. The van der Waals surface area contributed by atoms with Gasteiger partial charge in [-0.05, 0) is 42.9 Å². The molecule has 2 aliphatic rings. The monoisotopic (exact) mass is 210 g/mol. The van der Waals surface area contributed by atoms with Crippen molar-refractivity contribution in [3.63, 3.8) is 0 Å². The summed E-state index contributed by atoms with van der Waals surface area (Å²) in [5, 5.41) is 0. The zero-order valence-electron chi connectivity index (χ0n) is 10.3. The lowest BCUT2D eigenvalue weighted by Gasteiger charge is -2.38. The molecule has 0 aromatic heterocycles. The molecule has 0 N–H and O–H groups in total. The summed E-state index contributed by atoms with van der Waals surface area (Å²) in [7, 11) is 0. The average molecular weight is 210 g/mol.